The molecule has 0 bridgehead atoms. The summed E-state index contributed by atoms with van der Waals surface area (Å²) in [6.45, 7) is 2.33. The van der Waals surface area contributed by atoms with Gasteiger partial charge in [0, 0.05) is 36.4 Å². The van der Waals surface area contributed by atoms with Crippen LogP contribution in [0, 0.1) is 6.92 Å². The Bertz CT molecular complexity index is 1210. The number of amides is 2. The molecule has 8 heteroatoms. The maximum Gasteiger partial charge on any atom is 0.258 e. The van der Waals surface area contributed by atoms with Crippen LogP contribution >= 0.6 is 0 Å². The number of anilines is 2. The largest absolute Gasteiger partial charge is 0.321 e. The van der Waals surface area contributed by atoms with Gasteiger partial charge in [-0.2, -0.15) is 5.10 Å². The van der Waals surface area contributed by atoms with Crippen molar-refractivity contribution in [2.45, 2.75) is 13.5 Å². The maximum absolute atomic E-state index is 12.9. The standard InChI is InChI=1S/C23H20N6O2/c1-16-5-4-7-19(21(16)27-22(30)17-8-12-24-13-9-17)23(31)26-20-10-14-29(28-20)15-18-6-2-3-11-25-18/h2-14H,15H2,1H3,(H,27,30)(H,26,28,31). The van der Waals surface area contributed by atoms with Gasteiger partial charge in [-0.3, -0.25) is 24.2 Å². The second-order valence-electron chi connectivity index (χ2n) is 6.86. The minimum absolute atomic E-state index is 0.314. The molecule has 4 aromatic rings. The highest BCUT2D eigenvalue weighted by Crippen LogP contribution is 2.22. The van der Waals surface area contributed by atoms with Crippen LogP contribution in [0.3, 0.4) is 0 Å². The van der Waals surface area contributed by atoms with E-state index in [0.717, 1.165) is 11.3 Å². The van der Waals surface area contributed by atoms with Gasteiger partial charge in [0.2, 0.25) is 0 Å². The van der Waals surface area contributed by atoms with E-state index in [1.165, 1.54) is 0 Å². The first kappa shape index (κ1) is 20.0. The van der Waals surface area contributed by atoms with Gasteiger partial charge in [0.25, 0.3) is 11.8 Å². The summed E-state index contributed by atoms with van der Waals surface area (Å²) in [5.74, 6) is -0.268. The molecule has 0 aliphatic rings. The van der Waals surface area contributed by atoms with Gasteiger partial charge in [-0.05, 0) is 42.8 Å². The molecular formula is C23H20N6O2. The average molecular weight is 412 g/mol. The van der Waals surface area contributed by atoms with Crippen molar-refractivity contribution in [1.82, 2.24) is 19.7 Å². The van der Waals surface area contributed by atoms with Crippen molar-refractivity contribution >= 4 is 23.3 Å². The van der Waals surface area contributed by atoms with Gasteiger partial charge in [0.1, 0.15) is 0 Å². The van der Waals surface area contributed by atoms with E-state index < -0.39 is 0 Å². The number of carbonyl (C=O) groups excluding carboxylic acids is 2. The second-order valence-corrected chi connectivity index (χ2v) is 6.86. The fourth-order valence-corrected chi connectivity index (χ4v) is 3.07. The fourth-order valence-electron chi connectivity index (χ4n) is 3.07. The Kier molecular flexibility index (Phi) is 5.79. The van der Waals surface area contributed by atoms with Gasteiger partial charge in [-0.25, -0.2) is 0 Å². The van der Waals surface area contributed by atoms with Crippen molar-refractivity contribution < 1.29 is 9.59 Å². The molecule has 3 heterocycles. The van der Waals surface area contributed by atoms with E-state index >= 15 is 0 Å². The van der Waals surface area contributed by atoms with Crippen LogP contribution in [-0.4, -0.2) is 31.6 Å². The van der Waals surface area contributed by atoms with Crippen molar-refractivity contribution in [3.05, 3.63) is 102 Å². The Morgan fingerprint density at radius 2 is 1.74 bits per heavy atom. The molecule has 0 atom stereocenters. The van der Waals surface area contributed by atoms with E-state index in [2.05, 4.69) is 25.7 Å². The van der Waals surface area contributed by atoms with E-state index in [9.17, 15) is 9.59 Å². The van der Waals surface area contributed by atoms with Crippen LogP contribution < -0.4 is 10.6 Å². The molecule has 0 saturated carbocycles. The molecule has 31 heavy (non-hydrogen) atoms. The van der Waals surface area contributed by atoms with Crippen LogP contribution in [0.15, 0.2) is 79.4 Å². The number of nitrogens with one attached hydrogen (secondary N) is 2. The molecule has 3 aromatic heterocycles. The molecule has 2 amide bonds. The van der Waals surface area contributed by atoms with Crippen LogP contribution in [0.4, 0.5) is 11.5 Å². The summed E-state index contributed by atoms with van der Waals surface area (Å²) >= 11 is 0. The Hall–Kier alpha value is -4.33. The zero-order chi connectivity index (χ0) is 21.6. The zero-order valence-corrected chi connectivity index (χ0v) is 16.8. The maximum atomic E-state index is 12.9. The lowest BCUT2D eigenvalue weighted by atomic mass is 10.1. The van der Waals surface area contributed by atoms with Crippen LogP contribution in [0.5, 0.6) is 0 Å². The van der Waals surface area contributed by atoms with E-state index in [-0.39, 0.29) is 11.8 Å². The number of pyridine rings is 2. The number of benzene rings is 1. The zero-order valence-electron chi connectivity index (χ0n) is 16.8. The van der Waals surface area contributed by atoms with Crippen molar-refractivity contribution in [3.63, 3.8) is 0 Å². The average Bonchev–Trinajstić information content (AvgIpc) is 3.22. The molecule has 0 spiro atoms. The van der Waals surface area contributed by atoms with Gasteiger partial charge >= 0.3 is 0 Å². The Labute approximate surface area is 179 Å². The summed E-state index contributed by atoms with van der Waals surface area (Å²) in [6.07, 6.45) is 6.58. The Balaban J connectivity index is 1.50. The summed E-state index contributed by atoms with van der Waals surface area (Å²) in [5.41, 5.74) is 2.90. The van der Waals surface area contributed by atoms with Gasteiger partial charge in [-0.1, -0.05) is 18.2 Å². The van der Waals surface area contributed by atoms with Gasteiger partial charge in [0.05, 0.1) is 23.5 Å². The molecule has 0 fully saturated rings. The first-order valence-corrected chi connectivity index (χ1v) is 9.66. The summed E-state index contributed by atoms with van der Waals surface area (Å²) < 4.78 is 1.69. The van der Waals surface area contributed by atoms with Crippen molar-refractivity contribution in [2.24, 2.45) is 0 Å². The SMILES string of the molecule is Cc1cccc(C(=O)Nc2ccn(Cc3ccccn3)n2)c1NC(=O)c1ccncc1. The molecule has 0 saturated heterocycles. The Morgan fingerprint density at radius 3 is 2.52 bits per heavy atom. The lowest BCUT2D eigenvalue weighted by molar-refractivity contribution is 0.102. The third-order valence-electron chi connectivity index (χ3n) is 4.63. The number of rotatable bonds is 6. The minimum Gasteiger partial charge on any atom is -0.321 e. The molecule has 8 nitrogen and oxygen atoms in total. The minimum atomic E-state index is -0.364. The van der Waals surface area contributed by atoms with Crippen LogP contribution in [0.25, 0.3) is 0 Å². The molecular weight excluding hydrogens is 392 g/mol. The van der Waals surface area contributed by atoms with Gasteiger partial charge in [0.15, 0.2) is 5.82 Å². The van der Waals surface area contributed by atoms with E-state index in [1.54, 1.807) is 59.8 Å². The summed E-state index contributed by atoms with van der Waals surface area (Å²) in [5, 5.41) is 10.0. The summed E-state index contributed by atoms with van der Waals surface area (Å²) in [6, 6.07) is 15.9. The third kappa shape index (κ3) is 4.81. The first-order valence-electron chi connectivity index (χ1n) is 9.66. The van der Waals surface area contributed by atoms with Gasteiger partial charge in [-0.15, -0.1) is 0 Å². The van der Waals surface area contributed by atoms with Crippen LogP contribution in [0.1, 0.15) is 32.0 Å². The smallest absolute Gasteiger partial charge is 0.258 e. The van der Waals surface area contributed by atoms with Crippen LogP contribution in [0.2, 0.25) is 0 Å². The lowest BCUT2D eigenvalue weighted by Gasteiger charge is -2.13. The van der Waals surface area contributed by atoms with E-state index in [0.29, 0.717) is 29.2 Å². The highest BCUT2D eigenvalue weighted by Gasteiger charge is 2.17. The highest BCUT2D eigenvalue weighted by atomic mass is 16.2. The van der Waals surface area contributed by atoms with Crippen molar-refractivity contribution in [2.75, 3.05) is 10.6 Å². The van der Waals surface area contributed by atoms with Crippen molar-refractivity contribution in [1.29, 1.82) is 0 Å². The summed E-state index contributed by atoms with van der Waals surface area (Å²) in [7, 11) is 0. The Morgan fingerprint density at radius 1 is 0.903 bits per heavy atom. The highest BCUT2D eigenvalue weighted by molar-refractivity contribution is 6.12. The quantitative estimate of drug-likeness (QED) is 0.504. The number of hydrogen-bond acceptors (Lipinski definition) is 5. The monoisotopic (exact) mass is 412 g/mol. The molecule has 0 aliphatic carbocycles. The topological polar surface area (TPSA) is 102 Å². The van der Waals surface area contributed by atoms with Gasteiger partial charge < -0.3 is 10.6 Å². The van der Waals surface area contributed by atoms with E-state index in [1.807, 2.05) is 31.2 Å². The molecule has 0 unspecified atom stereocenters. The first-order chi connectivity index (χ1) is 15.1. The fraction of sp³-hybridized carbons (Fsp3) is 0.0870. The number of aromatic nitrogens is 4. The molecule has 0 aliphatic heterocycles. The predicted molar refractivity (Wildman–Crippen MR) is 117 cm³/mol. The molecule has 2 N–H and O–H groups in total. The molecule has 1 aromatic carbocycles. The predicted octanol–water partition coefficient (Wildman–Crippen LogP) is 3.53. The second kappa shape index (κ2) is 9.00. The number of nitrogens with zero attached hydrogens (tertiary/aromatic N) is 4. The third-order valence-corrected chi connectivity index (χ3v) is 4.63. The molecule has 0 radical (unpaired) electrons. The number of hydrogen-bond donors (Lipinski definition) is 2. The van der Waals surface area contributed by atoms with Crippen LogP contribution in [-0.2, 0) is 6.54 Å². The molecule has 154 valence electrons. The summed E-state index contributed by atoms with van der Waals surface area (Å²) in [4.78, 5) is 33.7. The number of para-hydroxylation sites is 1. The number of aryl methyl sites for hydroxylation is 1. The number of carbonyl (C=O) groups is 2. The van der Waals surface area contributed by atoms with E-state index in [4.69, 9.17) is 0 Å². The lowest BCUT2D eigenvalue weighted by Crippen LogP contribution is -2.19. The van der Waals surface area contributed by atoms with Crippen molar-refractivity contribution in [3.8, 4) is 0 Å². The molecule has 4 rings (SSSR count). The normalized spacial score (nSPS) is 10.5.